The standard InChI is InChI=1S/C13H16N2O5/c1-8-5-9(7-10(6-8)15(19)20)11(16)14(4)13(2,3)12(17)18/h5-7H,1-4H3,(H,17,18). The zero-order valence-corrected chi connectivity index (χ0v) is 11.7. The number of hydrogen-bond donors (Lipinski definition) is 1. The first-order valence-electron chi connectivity index (χ1n) is 5.85. The molecule has 7 heteroatoms. The van der Waals surface area contributed by atoms with Gasteiger partial charge in [-0.1, -0.05) is 0 Å². The molecule has 0 atom stereocenters. The molecule has 0 saturated heterocycles. The number of amides is 1. The van der Waals surface area contributed by atoms with Crippen molar-refractivity contribution in [1.82, 2.24) is 4.90 Å². The Hall–Kier alpha value is -2.44. The molecule has 1 N–H and O–H groups in total. The highest BCUT2D eigenvalue weighted by Gasteiger charge is 2.35. The Balaban J connectivity index is 3.22. The Kier molecular flexibility index (Phi) is 4.12. The van der Waals surface area contributed by atoms with Crippen LogP contribution in [0.25, 0.3) is 0 Å². The van der Waals surface area contributed by atoms with Gasteiger partial charge in [0.2, 0.25) is 0 Å². The summed E-state index contributed by atoms with van der Waals surface area (Å²) >= 11 is 0. The van der Waals surface area contributed by atoms with Crippen molar-refractivity contribution >= 4 is 17.6 Å². The number of nitrogens with zero attached hydrogens (tertiary/aromatic N) is 2. The summed E-state index contributed by atoms with van der Waals surface area (Å²) in [5, 5.41) is 19.9. The van der Waals surface area contributed by atoms with E-state index in [1.54, 1.807) is 6.92 Å². The molecule has 0 radical (unpaired) electrons. The van der Waals surface area contributed by atoms with Crippen molar-refractivity contribution in [1.29, 1.82) is 0 Å². The van der Waals surface area contributed by atoms with E-state index in [9.17, 15) is 19.7 Å². The number of nitro benzene ring substituents is 1. The lowest BCUT2D eigenvalue weighted by molar-refractivity contribution is -0.384. The number of carboxylic acids is 1. The van der Waals surface area contributed by atoms with Crippen molar-refractivity contribution < 1.29 is 19.6 Å². The van der Waals surface area contributed by atoms with E-state index in [-0.39, 0.29) is 11.3 Å². The number of carboxylic acid groups (broad SMARTS) is 1. The fourth-order valence-electron chi connectivity index (χ4n) is 1.58. The molecule has 1 amide bonds. The third-order valence-corrected chi connectivity index (χ3v) is 3.19. The van der Waals surface area contributed by atoms with Gasteiger partial charge in [-0.3, -0.25) is 14.9 Å². The van der Waals surface area contributed by atoms with Gasteiger partial charge in [-0.05, 0) is 32.4 Å². The van der Waals surface area contributed by atoms with Crippen LogP contribution < -0.4 is 0 Å². The minimum absolute atomic E-state index is 0.0912. The number of rotatable bonds is 4. The maximum Gasteiger partial charge on any atom is 0.329 e. The summed E-state index contributed by atoms with van der Waals surface area (Å²) in [6.07, 6.45) is 0. The largest absolute Gasteiger partial charge is 0.480 e. The second-order valence-electron chi connectivity index (χ2n) is 5.04. The molecular formula is C13H16N2O5. The van der Waals surface area contributed by atoms with E-state index in [4.69, 9.17) is 5.11 Å². The molecule has 0 unspecified atom stereocenters. The molecule has 0 fully saturated rings. The summed E-state index contributed by atoms with van der Waals surface area (Å²) in [7, 11) is 1.35. The molecule has 0 aromatic heterocycles. The Labute approximate surface area is 116 Å². The third kappa shape index (κ3) is 2.93. The summed E-state index contributed by atoms with van der Waals surface area (Å²) in [5.41, 5.74) is -0.956. The van der Waals surface area contributed by atoms with Crippen molar-refractivity contribution in [3.8, 4) is 0 Å². The molecule has 1 aromatic carbocycles. The van der Waals surface area contributed by atoms with E-state index in [1.807, 2.05) is 0 Å². The van der Waals surface area contributed by atoms with Gasteiger partial charge >= 0.3 is 5.97 Å². The number of hydrogen-bond acceptors (Lipinski definition) is 4. The zero-order chi connectivity index (χ0) is 15.7. The summed E-state index contributed by atoms with van der Waals surface area (Å²) in [4.78, 5) is 34.6. The summed E-state index contributed by atoms with van der Waals surface area (Å²) in [6, 6.07) is 3.98. The number of nitro groups is 1. The van der Waals surface area contributed by atoms with Crippen molar-refractivity contribution in [3.05, 3.63) is 39.4 Å². The molecule has 0 heterocycles. The average molecular weight is 280 g/mol. The predicted octanol–water partition coefficient (Wildman–Crippen LogP) is 1.84. The molecule has 0 aliphatic heterocycles. The van der Waals surface area contributed by atoms with Gasteiger partial charge in [0.25, 0.3) is 11.6 Å². The minimum atomic E-state index is -1.41. The van der Waals surface area contributed by atoms with Crippen LogP contribution in [0.1, 0.15) is 29.8 Å². The number of benzene rings is 1. The Morgan fingerprint density at radius 1 is 1.30 bits per heavy atom. The molecule has 0 aliphatic carbocycles. The maximum absolute atomic E-state index is 12.3. The first-order chi connectivity index (χ1) is 9.07. The van der Waals surface area contributed by atoms with Gasteiger partial charge in [0.05, 0.1) is 4.92 Å². The van der Waals surface area contributed by atoms with E-state index in [1.165, 1.54) is 33.0 Å². The Morgan fingerprint density at radius 3 is 2.30 bits per heavy atom. The summed E-state index contributed by atoms with van der Waals surface area (Å²) < 4.78 is 0. The van der Waals surface area contributed by atoms with E-state index in [2.05, 4.69) is 0 Å². The number of likely N-dealkylation sites (N-methyl/N-ethyl adjacent to an activating group) is 1. The van der Waals surface area contributed by atoms with Crippen LogP contribution in [0, 0.1) is 17.0 Å². The van der Waals surface area contributed by atoms with Gasteiger partial charge in [-0.15, -0.1) is 0 Å². The van der Waals surface area contributed by atoms with Gasteiger partial charge in [0, 0.05) is 24.7 Å². The predicted molar refractivity (Wildman–Crippen MR) is 71.6 cm³/mol. The smallest absolute Gasteiger partial charge is 0.329 e. The first-order valence-corrected chi connectivity index (χ1v) is 5.85. The van der Waals surface area contributed by atoms with Crippen LogP contribution >= 0.6 is 0 Å². The van der Waals surface area contributed by atoms with Gasteiger partial charge in [-0.2, -0.15) is 0 Å². The zero-order valence-electron chi connectivity index (χ0n) is 11.7. The number of aryl methyl sites for hydroxylation is 1. The van der Waals surface area contributed by atoms with Gasteiger partial charge in [0.1, 0.15) is 5.54 Å². The SMILES string of the molecule is Cc1cc(C(=O)N(C)C(C)(C)C(=O)O)cc([N+](=O)[O-])c1. The van der Waals surface area contributed by atoms with Crippen LogP contribution in [0.15, 0.2) is 18.2 Å². The maximum atomic E-state index is 12.3. The molecule has 1 rings (SSSR count). The van der Waals surface area contributed by atoms with Gasteiger partial charge in [-0.25, -0.2) is 4.79 Å². The number of carbonyl (C=O) groups is 2. The van der Waals surface area contributed by atoms with E-state index in [0.717, 1.165) is 11.0 Å². The highest BCUT2D eigenvalue weighted by molar-refractivity contribution is 5.98. The van der Waals surface area contributed by atoms with Crippen molar-refractivity contribution in [3.63, 3.8) is 0 Å². The Bertz CT molecular complexity index is 580. The third-order valence-electron chi connectivity index (χ3n) is 3.19. The Morgan fingerprint density at radius 2 is 1.85 bits per heavy atom. The van der Waals surface area contributed by atoms with Crippen LogP contribution in [-0.4, -0.2) is 39.4 Å². The molecule has 0 spiro atoms. The average Bonchev–Trinajstić information content (AvgIpc) is 2.35. The summed E-state index contributed by atoms with van der Waals surface area (Å²) in [6.45, 7) is 4.40. The van der Waals surface area contributed by atoms with Gasteiger partial charge < -0.3 is 10.0 Å². The van der Waals surface area contributed by atoms with Crippen LogP contribution in [-0.2, 0) is 4.79 Å². The quantitative estimate of drug-likeness (QED) is 0.669. The molecule has 7 nitrogen and oxygen atoms in total. The topological polar surface area (TPSA) is 101 Å². The van der Waals surface area contributed by atoms with E-state index in [0.29, 0.717) is 5.56 Å². The molecule has 0 saturated carbocycles. The molecule has 0 bridgehead atoms. The minimum Gasteiger partial charge on any atom is -0.480 e. The van der Waals surface area contributed by atoms with Crippen LogP contribution in [0.5, 0.6) is 0 Å². The molecule has 108 valence electrons. The van der Waals surface area contributed by atoms with Crippen molar-refractivity contribution in [2.45, 2.75) is 26.3 Å². The fraction of sp³-hybridized carbons (Fsp3) is 0.385. The highest BCUT2D eigenvalue weighted by Crippen LogP contribution is 2.21. The lowest BCUT2D eigenvalue weighted by Gasteiger charge is -2.31. The highest BCUT2D eigenvalue weighted by atomic mass is 16.6. The van der Waals surface area contributed by atoms with Crippen molar-refractivity contribution in [2.75, 3.05) is 7.05 Å². The number of aliphatic carboxylic acids is 1. The number of non-ortho nitro benzene ring substituents is 1. The lowest BCUT2D eigenvalue weighted by atomic mass is 10.0. The van der Waals surface area contributed by atoms with Gasteiger partial charge in [0.15, 0.2) is 0 Å². The molecule has 1 aromatic rings. The first kappa shape index (κ1) is 15.6. The molecule has 20 heavy (non-hydrogen) atoms. The van der Waals surface area contributed by atoms with E-state index >= 15 is 0 Å². The molecule has 0 aliphatic rings. The van der Waals surface area contributed by atoms with Crippen LogP contribution in [0.2, 0.25) is 0 Å². The fourth-order valence-corrected chi connectivity index (χ4v) is 1.58. The van der Waals surface area contributed by atoms with Crippen molar-refractivity contribution in [2.24, 2.45) is 0 Å². The lowest BCUT2D eigenvalue weighted by Crippen LogP contribution is -2.50. The second kappa shape index (κ2) is 5.28. The second-order valence-corrected chi connectivity index (χ2v) is 5.04. The monoisotopic (exact) mass is 280 g/mol. The van der Waals surface area contributed by atoms with Crippen LogP contribution in [0.3, 0.4) is 0 Å². The number of carbonyl (C=O) groups excluding carboxylic acids is 1. The van der Waals surface area contributed by atoms with Crippen LogP contribution in [0.4, 0.5) is 5.69 Å². The normalized spacial score (nSPS) is 11.0. The summed E-state index contributed by atoms with van der Waals surface area (Å²) in [5.74, 6) is -1.74. The van der Waals surface area contributed by atoms with E-state index < -0.39 is 22.3 Å². The molecular weight excluding hydrogens is 264 g/mol.